The van der Waals surface area contributed by atoms with E-state index >= 15 is 0 Å². The number of nitrogens with zero attached hydrogens (tertiary/aromatic N) is 2. The van der Waals surface area contributed by atoms with E-state index in [-0.39, 0.29) is 5.91 Å². The summed E-state index contributed by atoms with van der Waals surface area (Å²) in [6, 6.07) is 3.58. The average molecular weight is 179 g/mol. The summed E-state index contributed by atoms with van der Waals surface area (Å²) in [5.74, 6) is -0.110. The molecular weight excluding hydrogens is 166 g/mol. The highest BCUT2D eigenvalue weighted by molar-refractivity contribution is 5.93. The number of amides is 1. The average Bonchev–Trinajstić information content (AvgIpc) is 2.16. The maximum absolute atomic E-state index is 11.5. The van der Waals surface area contributed by atoms with Gasteiger partial charge in [-0.15, -0.1) is 0 Å². The Morgan fingerprint density at radius 2 is 2.31 bits per heavy atom. The van der Waals surface area contributed by atoms with Gasteiger partial charge in [-0.3, -0.25) is 9.78 Å². The summed E-state index contributed by atoms with van der Waals surface area (Å²) >= 11 is 0. The highest BCUT2D eigenvalue weighted by Gasteiger charge is 2.12. The van der Waals surface area contributed by atoms with E-state index in [1.165, 1.54) is 4.90 Å². The van der Waals surface area contributed by atoms with Crippen LogP contribution in [0.25, 0.3) is 0 Å². The summed E-state index contributed by atoms with van der Waals surface area (Å²) in [4.78, 5) is 17.0. The minimum Gasteiger partial charge on any atom is -0.343 e. The summed E-state index contributed by atoms with van der Waals surface area (Å²) in [5.41, 5.74) is 6.70. The normalized spacial score (nSPS) is 9.77. The van der Waals surface area contributed by atoms with E-state index in [4.69, 9.17) is 5.73 Å². The Hall–Kier alpha value is -1.42. The molecule has 2 N–H and O–H groups in total. The van der Waals surface area contributed by atoms with Crippen LogP contribution >= 0.6 is 0 Å². The van der Waals surface area contributed by atoms with Crippen LogP contribution in [0, 0.1) is 0 Å². The number of aromatic nitrogens is 1. The quantitative estimate of drug-likeness (QED) is 0.707. The zero-order chi connectivity index (χ0) is 9.84. The molecule has 4 heteroatoms. The molecule has 0 bridgehead atoms. The maximum atomic E-state index is 11.5. The van der Waals surface area contributed by atoms with Crippen LogP contribution < -0.4 is 5.73 Å². The molecule has 70 valence electrons. The third kappa shape index (κ3) is 2.03. The minimum atomic E-state index is -0.110. The number of rotatable bonds is 2. The van der Waals surface area contributed by atoms with E-state index in [0.717, 1.165) is 5.56 Å². The topological polar surface area (TPSA) is 59.2 Å². The second-order valence-corrected chi connectivity index (χ2v) is 2.91. The van der Waals surface area contributed by atoms with Crippen molar-refractivity contribution in [3.63, 3.8) is 0 Å². The molecule has 0 fully saturated rings. The lowest BCUT2D eigenvalue weighted by Gasteiger charge is -2.11. The van der Waals surface area contributed by atoms with E-state index in [1.807, 2.05) is 6.07 Å². The summed E-state index contributed by atoms with van der Waals surface area (Å²) in [5, 5.41) is 0. The van der Waals surface area contributed by atoms with Crippen LogP contribution in [-0.2, 0) is 6.54 Å². The number of carbonyl (C=O) groups excluding carboxylic acids is 1. The molecule has 1 aromatic heterocycles. The second-order valence-electron chi connectivity index (χ2n) is 2.91. The molecule has 13 heavy (non-hydrogen) atoms. The molecule has 1 aromatic rings. The third-order valence-electron chi connectivity index (χ3n) is 1.72. The fourth-order valence-corrected chi connectivity index (χ4v) is 1.01. The van der Waals surface area contributed by atoms with Crippen molar-refractivity contribution >= 4 is 5.91 Å². The van der Waals surface area contributed by atoms with Gasteiger partial charge in [-0.1, -0.05) is 6.07 Å². The maximum Gasteiger partial charge on any atom is 0.272 e. The van der Waals surface area contributed by atoms with Crippen LogP contribution in [0.3, 0.4) is 0 Å². The van der Waals surface area contributed by atoms with Crippen LogP contribution in [0.4, 0.5) is 0 Å². The van der Waals surface area contributed by atoms with Gasteiger partial charge in [-0.05, 0) is 11.6 Å². The number of hydrogen-bond donors (Lipinski definition) is 1. The smallest absolute Gasteiger partial charge is 0.272 e. The number of pyridine rings is 1. The van der Waals surface area contributed by atoms with Gasteiger partial charge >= 0.3 is 0 Å². The fourth-order valence-electron chi connectivity index (χ4n) is 1.01. The molecule has 0 aliphatic carbocycles. The molecule has 0 atom stereocenters. The number of nitrogens with two attached hydrogens (primary N) is 1. The molecule has 0 aliphatic heterocycles. The van der Waals surface area contributed by atoms with E-state index in [9.17, 15) is 4.79 Å². The number of hydrogen-bond acceptors (Lipinski definition) is 3. The Balaban J connectivity index is 3.06. The molecule has 0 aromatic carbocycles. The van der Waals surface area contributed by atoms with Crippen LogP contribution in [0.1, 0.15) is 16.1 Å². The van der Waals surface area contributed by atoms with Gasteiger partial charge < -0.3 is 10.6 Å². The van der Waals surface area contributed by atoms with Crippen LogP contribution in [-0.4, -0.2) is 29.9 Å². The van der Waals surface area contributed by atoms with Gasteiger partial charge in [0.2, 0.25) is 0 Å². The van der Waals surface area contributed by atoms with Gasteiger partial charge in [-0.2, -0.15) is 0 Å². The highest BCUT2D eigenvalue weighted by atomic mass is 16.2. The van der Waals surface area contributed by atoms with Crippen molar-refractivity contribution in [2.75, 3.05) is 14.1 Å². The second kappa shape index (κ2) is 4.00. The minimum absolute atomic E-state index is 0.110. The van der Waals surface area contributed by atoms with Gasteiger partial charge in [-0.25, -0.2) is 0 Å². The molecule has 0 saturated heterocycles. The Morgan fingerprint density at radius 3 is 2.85 bits per heavy atom. The van der Waals surface area contributed by atoms with Gasteiger partial charge in [0.05, 0.1) is 0 Å². The summed E-state index contributed by atoms with van der Waals surface area (Å²) in [6.07, 6.45) is 1.59. The highest BCUT2D eigenvalue weighted by Crippen LogP contribution is 2.05. The van der Waals surface area contributed by atoms with Gasteiger partial charge in [0.25, 0.3) is 5.91 Å². The van der Waals surface area contributed by atoms with E-state index < -0.39 is 0 Å². The van der Waals surface area contributed by atoms with Crippen molar-refractivity contribution in [1.29, 1.82) is 0 Å². The molecule has 0 aliphatic rings. The standard InChI is InChI=1S/C9H13N3O/c1-12(2)9(13)8-7(6-10)4-3-5-11-8/h3-5H,6,10H2,1-2H3. The molecule has 1 heterocycles. The molecule has 0 unspecified atom stereocenters. The first-order valence-electron chi connectivity index (χ1n) is 4.02. The molecule has 1 amide bonds. The van der Waals surface area contributed by atoms with Gasteiger partial charge in [0.1, 0.15) is 5.69 Å². The van der Waals surface area contributed by atoms with Gasteiger partial charge in [0.15, 0.2) is 0 Å². The van der Waals surface area contributed by atoms with Crippen molar-refractivity contribution in [1.82, 2.24) is 9.88 Å². The van der Waals surface area contributed by atoms with Crippen molar-refractivity contribution in [3.8, 4) is 0 Å². The lowest BCUT2D eigenvalue weighted by molar-refractivity contribution is 0.0821. The third-order valence-corrected chi connectivity index (χ3v) is 1.72. The van der Waals surface area contributed by atoms with Crippen molar-refractivity contribution in [2.24, 2.45) is 5.73 Å². The van der Waals surface area contributed by atoms with Crippen molar-refractivity contribution < 1.29 is 4.79 Å². The summed E-state index contributed by atoms with van der Waals surface area (Å²) in [6.45, 7) is 0.336. The first-order chi connectivity index (χ1) is 6.16. The first kappa shape index (κ1) is 9.67. The monoisotopic (exact) mass is 179 g/mol. The zero-order valence-corrected chi connectivity index (χ0v) is 7.82. The largest absolute Gasteiger partial charge is 0.343 e. The molecule has 1 rings (SSSR count). The van der Waals surface area contributed by atoms with Crippen LogP contribution in [0.15, 0.2) is 18.3 Å². The fraction of sp³-hybridized carbons (Fsp3) is 0.333. The summed E-state index contributed by atoms with van der Waals surface area (Å²) in [7, 11) is 3.38. The molecule has 4 nitrogen and oxygen atoms in total. The van der Waals surface area contributed by atoms with Crippen LogP contribution in [0.5, 0.6) is 0 Å². The first-order valence-corrected chi connectivity index (χ1v) is 4.02. The predicted octanol–water partition coefficient (Wildman–Crippen LogP) is 0.242. The lowest BCUT2D eigenvalue weighted by atomic mass is 10.2. The molecule has 0 spiro atoms. The summed E-state index contributed by atoms with van der Waals surface area (Å²) < 4.78 is 0. The SMILES string of the molecule is CN(C)C(=O)c1ncccc1CN. The van der Waals surface area contributed by atoms with Crippen molar-refractivity contribution in [2.45, 2.75) is 6.54 Å². The molecule has 0 radical (unpaired) electrons. The Morgan fingerprint density at radius 1 is 1.62 bits per heavy atom. The lowest BCUT2D eigenvalue weighted by Crippen LogP contribution is -2.24. The van der Waals surface area contributed by atoms with E-state index in [2.05, 4.69) is 4.98 Å². The molecular formula is C9H13N3O. The molecule has 0 saturated carbocycles. The zero-order valence-electron chi connectivity index (χ0n) is 7.82. The Labute approximate surface area is 77.4 Å². The predicted molar refractivity (Wildman–Crippen MR) is 50.1 cm³/mol. The van der Waals surface area contributed by atoms with Crippen molar-refractivity contribution in [3.05, 3.63) is 29.6 Å². The Kier molecular flexibility index (Phi) is 2.97. The van der Waals surface area contributed by atoms with E-state index in [0.29, 0.717) is 12.2 Å². The number of carbonyl (C=O) groups is 1. The van der Waals surface area contributed by atoms with E-state index in [1.54, 1.807) is 26.4 Å². The Bertz CT molecular complexity index is 309. The van der Waals surface area contributed by atoms with Crippen LogP contribution in [0.2, 0.25) is 0 Å². The van der Waals surface area contributed by atoms with Gasteiger partial charge in [0, 0.05) is 26.8 Å².